The molecule has 0 bridgehead atoms. The van der Waals surface area contributed by atoms with Crippen LogP contribution in [0.2, 0.25) is 0 Å². The number of hydrogen-bond acceptors (Lipinski definition) is 4. The molecule has 1 aromatic heterocycles. The molecule has 1 fully saturated rings. The topological polar surface area (TPSA) is 80.4 Å². The molecule has 1 aliphatic rings. The number of H-pyrrole nitrogens is 1. The maximum absolute atomic E-state index is 12.6. The smallest absolute Gasteiger partial charge is 0.378 e. The summed E-state index contributed by atoms with van der Waals surface area (Å²) in [5.41, 5.74) is -2.28. The lowest BCUT2D eigenvalue weighted by Gasteiger charge is -2.11. The Labute approximate surface area is 130 Å². The predicted octanol–water partition coefficient (Wildman–Crippen LogP) is 1.92. The largest absolute Gasteiger partial charge is 0.417 e. The summed E-state index contributed by atoms with van der Waals surface area (Å²) in [6, 6.07) is 0.601. The molecule has 23 heavy (non-hydrogen) atoms. The van der Waals surface area contributed by atoms with E-state index in [2.05, 4.69) is 5.32 Å². The van der Waals surface area contributed by atoms with E-state index < -0.39 is 28.9 Å². The van der Waals surface area contributed by atoms with Crippen LogP contribution in [0.25, 0.3) is 0 Å². The summed E-state index contributed by atoms with van der Waals surface area (Å²) in [7, 11) is 0. The van der Waals surface area contributed by atoms with Crippen molar-refractivity contribution in [2.45, 2.75) is 31.5 Å². The van der Waals surface area contributed by atoms with E-state index in [-0.39, 0.29) is 19.1 Å². The van der Waals surface area contributed by atoms with Crippen LogP contribution in [-0.4, -0.2) is 36.8 Å². The number of rotatable bonds is 6. The summed E-state index contributed by atoms with van der Waals surface area (Å²) in [6.45, 7) is 1.17. The van der Waals surface area contributed by atoms with Gasteiger partial charge in [-0.3, -0.25) is 9.59 Å². The molecule has 1 atom stereocenters. The number of aromatic nitrogens is 1. The fourth-order valence-electron chi connectivity index (χ4n) is 2.11. The highest BCUT2D eigenvalue weighted by Gasteiger charge is 2.31. The normalized spacial score (nSPS) is 18.1. The summed E-state index contributed by atoms with van der Waals surface area (Å²) in [5.74, 6) is -0.595. The van der Waals surface area contributed by atoms with Gasteiger partial charge in [-0.1, -0.05) is 0 Å². The van der Waals surface area contributed by atoms with Gasteiger partial charge in [-0.25, -0.2) is 0 Å². The Morgan fingerprint density at radius 3 is 2.91 bits per heavy atom. The molecule has 128 valence electrons. The van der Waals surface area contributed by atoms with E-state index in [9.17, 15) is 22.8 Å². The summed E-state index contributed by atoms with van der Waals surface area (Å²) < 4.78 is 48.3. The molecular weight excluding hydrogens is 317 g/mol. The fourth-order valence-corrected chi connectivity index (χ4v) is 2.11. The van der Waals surface area contributed by atoms with Gasteiger partial charge in [-0.15, -0.1) is 0 Å². The van der Waals surface area contributed by atoms with Crippen molar-refractivity contribution in [3.8, 4) is 0 Å². The molecule has 0 aliphatic carbocycles. The minimum atomic E-state index is -4.60. The average molecular weight is 334 g/mol. The Hall–Kier alpha value is -1.87. The first-order valence-electron chi connectivity index (χ1n) is 7.15. The van der Waals surface area contributed by atoms with Crippen molar-refractivity contribution in [3.63, 3.8) is 0 Å². The number of alkyl halides is 3. The Balaban J connectivity index is 1.81. The number of amides is 1. The lowest BCUT2D eigenvalue weighted by atomic mass is 10.2. The number of hydrogen-bond donors (Lipinski definition) is 2. The molecule has 9 heteroatoms. The minimum absolute atomic E-state index is 0.0318. The summed E-state index contributed by atoms with van der Waals surface area (Å²) in [6.07, 6.45) is -2.19. The molecule has 1 aromatic rings. The van der Waals surface area contributed by atoms with Gasteiger partial charge in [0.15, 0.2) is 0 Å². The first-order chi connectivity index (χ1) is 10.9. The second-order valence-electron chi connectivity index (χ2n) is 5.14. The summed E-state index contributed by atoms with van der Waals surface area (Å²) in [4.78, 5) is 25.1. The SMILES string of the molecule is O=C(CCOCC1CCCO1)Nc1cc(C(F)(F)F)c[nH]c1=O. The number of carbonyl (C=O) groups excluding carboxylic acids is 1. The van der Waals surface area contributed by atoms with E-state index in [1.165, 1.54) is 0 Å². The first-order valence-corrected chi connectivity index (χ1v) is 7.15. The Kier molecular flexibility index (Phi) is 5.78. The highest BCUT2D eigenvalue weighted by molar-refractivity contribution is 5.90. The molecule has 1 unspecified atom stereocenters. The highest BCUT2D eigenvalue weighted by Crippen LogP contribution is 2.29. The quantitative estimate of drug-likeness (QED) is 0.779. The second-order valence-corrected chi connectivity index (χ2v) is 5.14. The molecule has 0 spiro atoms. The average Bonchev–Trinajstić information content (AvgIpc) is 2.98. The van der Waals surface area contributed by atoms with E-state index in [1.54, 1.807) is 0 Å². The second kappa shape index (κ2) is 7.60. The maximum atomic E-state index is 12.6. The molecule has 2 heterocycles. The number of nitrogens with one attached hydrogen (secondary N) is 2. The van der Waals surface area contributed by atoms with Crippen LogP contribution < -0.4 is 10.9 Å². The number of halogens is 3. The molecule has 6 nitrogen and oxygen atoms in total. The van der Waals surface area contributed by atoms with Gasteiger partial charge in [0.05, 0.1) is 31.3 Å². The Morgan fingerprint density at radius 2 is 2.26 bits per heavy atom. The monoisotopic (exact) mass is 334 g/mol. The zero-order valence-electron chi connectivity index (χ0n) is 12.2. The molecule has 2 N–H and O–H groups in total. The van der Waals surface area contributed by atoms with Crippen molar-refractivity contribution in [2.75, 3.05) is 25.1 Å². The molecule has 0 saturated carbocycles. The zero-order chi connectivity index (χ0) is 16.9. The number of pyridine rings is 1. The first kappa shape index (κ1) is 17.5. The molecule has 0 radical (unpaired) electrons. The van der Waals surface area contributed by atoms with Crippen molar-refractivity contribution in [2.24, 2.45) is 0 Å². The van der Waals surface area contributed by atoms with Crippen LogP contribution in [-0.2, 0) is 20.4 Å². The van der Waals surface area contributed by atoms with Gasteiger partial charge in [0, 0.05) is 12.8 Å². The lowest BCUT2D eigenvalue weighted by molar-refractivity contribution is -0.137. The van der Waals surface area contributed by atoms with Crippen molar-refractivity contribution in [1.29, 1.82) is 0 Å². The van der Waals surface area contributed by atoms with Gasteiger partial charge < -0.3 is 19.8 Å². The van der Waals surface area contributed by atoms with E-state index in [0.717, 1.165) is 12.8 Å². The molecule has 0 aromatic carbocycles. The predicted molar refractivity (Wildman–Crippen MR) is 75.1 cm³/mol. The van der Waals surface area contributed by atoms with Crippen molar-refractivity contribution in [1.82, 2.24) is 4.98 Å². The third-order valence-electron chi connectivity index (χ3n) is 3.31. The van der Waals surface area contributed by atoms with E-state index in [0.29, 0.717) is 25.5 Å². The van der Waals surface area contributed by atoms with Crippen molar-refractivity contribution < 1.29 is 27.4 Å². The van der Waals surface area contributed by atoms with Crippen LogP contribution >= 0.6 is 0 Å². The van der Waals surface area contributed by atoms with Gasteiger partial charge in [0.2, 0.25) is 5.91 Å². The number of anilines is 1. The Morgan fingerprint density at radius 1 is 1.48 bits per heavy atom. The van der Waals surface area contributed by atoms with Gasteiger partial charge in [0.1, 0.15) is 5.69 Å². The van der Waals surface area contributed by atoms with Crippen LogP contribution in [0.5, 0.6) is 0 Å². The minimum Gasteiger partial charge on any atom is -0.378 e. The van der Waals surface area contributed by atoms with Crippen LogP contribution in [0.1, 0.15) is 24.8 Å². The van der Waals surface area contributed by atoms with Crippen LogP contribution in [0, 0.1) is 0 Å². The number of ether oxygens (including phenoxy) is 2. The molecule has 2 rings (SSSR count). The van der Waals surface area contributed by atoms with Crippen LogP contribution in [0.4, 0.5) is 18.9 Å². The standard InChI is InChI=1S/C14H17F3N2O4/c15-14(16,17)9-6-11(13(21)18-7-9)19-12(20)3-5-22-8-10-2-1-4-23-10/h6-7,10H,1-5,8H2,(H,18,21)(H,19,20). The third-order valence-corrected chi connectivity index (χ3v) is 3.31. The van der Waals surface area contributed by atoms with Gasteiger partial charge in [-0.2, -0.15) is 13.2 Å². The molecule has 1 amide bonds. The maximum Gasteiger partial charge on any atom is 0.417 e. The van der Waals surface area contributed by atoms with Crippen molar-refractivity contribution >= 4 is 11.6 Å². The zero-order valence-corrected chi connectivity index (χ0v) is 12.2. The number of aromatic amines is 1. The van der Waals surface area contributed by atoms with Crippen LogP contribution in [0.3, 0.4) is 0 Å². The van der Waals surface area contributed by atoms with Gasteiger partial charge in [-0.05, 0) is 18.9 Å². The summed E-state index contributed by atoms with van der Waals surface area (Å²) in [5, 5.41) is 2.16. The fraction of sp³-hybridized carbons (Fsp3) is 0.571. The molecular formula is C14H17F3N2O4. The lowest BCUT2D eigenvalue weighted by Crippen LogP contribution is -2.23. The molecule has 1 aliphatic heterocycles. The van der Waals surface area contributed by atoms with E-state index >= 15 is 0 Å². The third kappa shape index (κ3) is 5.36. The number of carbonyl (C=O) groups is 1. The van der Waals surface area contributed by atoms with Crippen molar-refractivity contribution in [3.05, 3.63) is 28.2 Å². The van der Waals surface area contributed by atoms with Gasteiger partial charge in [0.25, 0.3) is 5.56 Å². The van der Waals surface area contributed by atoms with Crippen LogP contribution in [0.15, 0.2) is 17.1 Å². The molecule has 1 saturated heterocycles. The van der Waals surface area contributed by atoms with E-state index in [4.69, 9.17) is 9.47 Å². The Bertz CT molecular complexity index is 594. The highest BCUT2D eigenvalue weighted by atomic mass is 19.4. The van der Waals surface area contributed by atoms with E-state index in [1.807, 2.05) is 4.98 Å². The summed E-state index contributed by atoms with van der Waals surface area (Å²) >= 11 is 0. The van der Waals surface area contributed by atoms with Gasteiger partial charge >= 0.3 is 6.18 Å².